The van der Waals surface area contributed by atoms with Gasteiger partial charge < -0.3 is 14.6 Å². The molecule has 2 heterocycles. The number of nitrogens with one attached hydrogen (secondary N) is 1. The van der Waals surface area contributed by atoms with Gasteiger partial charge in [-0.2, -0.15) is 4.98 Å². The predicted molar refractivity (Wildman–Crippen MR) is 124 cm³/mol. The molecule has 0 saturated heterocycles. The lowest BCUT2D eigenvalue weighted by Gasteiger charge is -2.16. The number of aromatic nitrogens is 4. The maximum atomic E-state index is 12.6. The zero-order chi connectivity index (χ0) is 23.7. The zero-order valence-corrected chi connectivity index (χ0v) is 19.0. The van der Waals surface area contributed by atoms with Crippen molar-refractivity contribution in [3.8, 4) is 17.5 Å². The molecule has 2 aromatic heterocycles. The van der Waals surface area contributed by atoms with Crippen molar-refractivity contribution in [3.05, 3.63) is 80.0 Å². The van der Waals surface area contributed by atoms with Crippen LogP contribution >= 0.6 is 0 Å². The number of fused-ring (bicyclic) bond motifs is 1. The molecule has 0 amide bonds. The zero-order valence-electron chi connectivity index (χ0n) is 19.0. The number of H-pyrrole nitrogens is 1. The molecule has 0 aliphatic carbocycles. The van der Waals surface area contributed by atoms with Gasteiger partial charge in [-0.25, -0.2) is 4.79 Å². The molecule has 0 saturated carbocycles. The smallest absolute Gasteiger partial charge is 0.329 e. The molecule has 172 valence electrons. The average Bonchev–Trinajstić information content (AvgIpc) is 3.11. The lowest BCUT2D eigenvalue weighted by Crippen LogP contribution is -2.30. The van der Waals surface area contributed by atoms with Crippen LogP contribution < -0.4 is 20.7 Å². The van der Waals surface area contributed by atoms with Crippen LogP contribution in [0.2, 0.25) is 0 Å². The van der Waals surface area contributed by atoms with Crippen molar-refractivity contribution in [2.45, 2.75) is 33.4 Å². The second-order valence-electron chi connectivity index (χ2n) is 8.12. The molecule has 0 aliphatic rings. The second kappa shape index (κ2) is 8.95. The first-order valence-electron chi connectivity index (χ1n) is 10.5. The Hall–Kier alpha value is -3.85. The lowest BCUT2D eigenvalue weighted by molar-refractivity contribution is 0.0915. The van der Waals surface area contributed by atoms with Gasteiger partial charge in [0, 0.05) is 7.05 Å². The lowest BCUT2D eigenvalue weighted by atomic mass is 10.1. The van der Waals surface area contributed by atoms with Gasteiger partial charge in [0.25, 0.3) is 5.56 Å². The quantitative estimate of drug-likeness (QED) is 0.448. The monoisotopic (exact) mass is 450 g/mol. The van der Waals surface area contributed by atoms with E-state index in [0.717, 1.165) is 16.7 Å². The van der Waals surface area contributed by atoms with Crippen LogP contribution in [0.1, 0.15) is 16.7 Å². The summed E-state index contributed by atoms with van der Waals surface area (Å²) in [5.41, 5.74) is 2.32. The van der Waals surface area contributed by atoms with Gasteiger partial charge in [0.1, 0.15) is 24.2 Å². The third-order valence-electron chi connectivity index (χ3n) is 5.48. The van der Waals surface area contributed by atoms with Crippen molar-refractivity contribution in [1.29, 1.82) is 0 Å². The van der Waals surface area contributed by atoms with E-state index >= 15 is 0 Å². The summed E-state index contributed by atoms with van der Waals surface area (Å²) in [6.45, 7) is 5.90. The number of aryl methyl sites for hydroxylation is 4. The highest BCUT2D eigenvalue weighted by Crippen LogP contribution is 2.25. The molecule has 9 heteroatoms. The Bertz CT molecular complexity index is 1430. The highest BCUT2D eigenvalue weighted by atomic mass is 16.5. The largest absolute Gasteiger partial charge is 0.491 e. The molecule has 0 bridgehead atoms. The van der Waals surface area contributed by atoms with Crippen LogP contribution in [-0.2, 0) is 13.6 Å². The summed E-state index contributed by atoms with van der Waals surface area (Å²) in [5.74, 6) is 1.16. The topological polar surface area (TPSA) is 111 Å². The Balaban J connectivity index is 1.66. The Morgan fingerprint density at radius 3 is 2.58 bits per heavy atom. The number of imidazole rings is 1. The van der Waals surface area contributed by atoms with Crippen LogP contribution in [0.3, 0.4) is 0 Å². The maximum Gasteiger partial charge on any atom is 0.329 e. The Kier molecular flexibility index (Phi) is 6.06. The van der Waals surface area contributed by atoms with Gasteiger partial charge in [0.2, 0.25) is 0 Å². The Morgan fingerprint density at radius 2 is 1.85 bits per heavy atom. The summed E-state index contributed by atoms with van der Waals surface area (Å²) in [6.07, 6.45) is -0.972. The standard InChI is InChI=1S/C24H26N4O5/c1-14-6-5-7-19(10-14)33-24-25-21-20(22(30)26-23(31)27(21)4)28(24)12-17(29)13-32-18-9-8-15(2)16(3)11-18/h5-11,17,29H,12-13H2,1-4H3,(H,26,30,31)/t17-/m0/s1. The van der Waals surface area contributed by atoms with Crippen LogP contribution in [0, 0.1) is 20.8 Å². The summed E-state index contributed by atoms with van der Waals surface area (Å²) in [7, 11) is 1.51. The van der Waals surface area contributed by atoms with Crippen LogP contribution in [0.15, 0.2) is 52.1 Å². The van der Waals surface area contributed by atoms with E-state index in [2.05, 4.69) is 9.97 Å². The molecule has 2 aromatic carbocycles. The van der Waals surface area contributed by atoms with Crippen molar-refractivity contribution < 1.29 is 14.6 Å². The minimum absolute atomic E-state index is 0.00424. The molecule has 33 heavy (non-hydrogen) atoms. The number of ether oxygens (including phenoxy) is 2. The third kappa shape index (κ3) is 4.68. The van der Waals surface area contributed by atoms with Crippen molar-refractivity contribution in [1.82, 2.24) is 19.1 Å². The molecule has 0 unspecified atom stereocenters. The van der Waals surface area contributed by atoms with E-state index < -0.39 is 17.4 Å². The third-order valence-corrected chi connectivity index (χ3v) is 5.48. The molecule has 0 spiro atoms. The van der Waals surface area contributed by atoms with Gasteiger partial charge in [0.05, 0.1) is 6.54 Å². The molecular formula is C24H26N4O5. The van der Waals surface area contributed by atoms with Crippen LogP contribution in [-0.4, -0.2) is 36.9 Å². The van der Waals surface area contributed by atoms with E-state index in [1.54, 1.807) is 6.07 Å². The Labute approximate surface area is 189 Å². The predicted octanol–water partition coefficient (Wildman–Crippen LogP) is 2.58. The summed E-state index contributed by atoms with van der Waals surface area (Å²) < 4.78 is 14.4. The highest BCUT2D eigenvalue weighted by molar-refractivity contribution is 5.71. The first-order chi connectivity index (χ1) is 15.7. The van der Waals surface area contributed by atoms with Crippen LogP contribution in [0.4, 0.5) is 0 Å². The summed E-state index contributed by atoms with van der Waals surface area (Å²) in [4.78, 5) is 31.3. The number of rotatable bonds is 7. The van der Waals surface area contributed by atoms with E-state index in [-0.39, 0.29) is 30.3 Å². The fraction of sp³-hybridized carbons (Fsp3) is 0.292. The maximum absolute atomic E-state index is 12.6. The van der Waals surface area contributed by atoms with E-state index in [1.807, 2.05) is 57.2 Å². The van der Waals surface area contributed by atoms with E-state index in [4.69, 9.17) is 9.47 Å². The number of hydrogen-bond acceptors (Lipinski definition) is 6. The Morgan fingerprint density at radius 1 is 1.06 bits per heavy atom. The van der Waals surface area contributed by atoms with E-state index in [0.29, 0.717) is 11.5 Å². The van der Waals surface area contributed by atoms with Gasteiger partial charge in [-0.15, -0.1) is 0 Å². The fourth-order valence-corrected chi connectivity index (χ4v) is 3.51. The summed E-state index contributed by atoms with van der Waals surface area (Å²) >= 11 is 0. The number of hydrogen-bond donors (Lipinski definition) is 2. The number of aliphatic hydroxyl groups is 1. The molecule has 0 radical (unpaired) electrons. The van der Waals surface area contributed by atoms with Gasteiger partial charge in [-0.05, 0) is 61.7 Å². The number of benzene rings is 2. The minimum Gasteiger partial charge on any atom is -0.491 e. The van der Waals surface area contributed by atoms with Crippen molar-refractivity contribution in [2.24, 2.45) is 7.05 Å². The van der Waals surface area contributed by atoms with E-state index in [1.165, 1.54) is 16.2 Å². The van der Waals surface area contributed by atoms with Crippen LogP contribution in [0.25, 0.3) is 11.2 Å². The van der Waals surface area contributed by atoms with Crippen molar-refractivity contribution >= 4 is 11.2 Å². The molecule has 4 aromatic rings. The first-order valence-corrected chi connectivity index (χ1v) is 10.5. The SMILES string of the molecule is Cc1cccc(Oc2nc3c(c(=O)[nH]c(=O)n3C)n2C[C@H](O)COc2ccc(C)c(C)c2)c1. The van der Waals surface area contributed by atoms with Gasteiger partial charge in [-0.3, -0.25) is 18.9 Å². The van der Waals surface area contributed by atoms with Crippen LogP contribution in [0.5, 0.6) is 17.5 Å². The van der Waals surface area contributed by atoms with Gasteiger partial charge in [0.15, 0.2) is 11.2 Å². The molecule has 0 aliphatic heterocycles. The second-order valence-corrected chi connectivity index (χ2v) is 8.12. The molecule has 9 nitrogen and oxygen atoms in total. The van der Waals surface area contributed by atoms with Gasteiger partial charge in [-0.1, -0.05) is 18.2 Å². The normalized spacial score (nSPS) is 12.2. The number of aliphatic hydroxyl groups excluding tert-OH is 1. The molecule has 1 atom stereocenters. The minimum atomic E-state index is -0.972. The molecule has 0 fully saturated rings. The summed E-state index contributed by atoms with van der Waals surface area (Å²) in [5, 5.41) is 10.7. The van der Waals surface area contributed by atoms with Crippen molar-refractivity contribution in [3.63, 3.8) is 0 Å². The molecule has 2 N–H and O–H groups in total. The molecule has 4 rings (SSSR count). The highest BCUT2D eigenvalue weighted by Gasteiger charge is 2.21. The summed E-state index contributed by atoms with van der Waals surface area (Å²) in [6, 6.07) is 13.1. The number of aromatic amines is 1. The first kappa shape index (κ1) is 22.3. The van der Waals surface area contributed by atoms with Crippen molar-refractivity contribution in [2.75, 3.05) is 6.61 Å². The fourth-order valence-electron chi connectivity index (χ4n) is 3.51. The van der Waals surface area contributed by atoms with Gasteiger partial charge >= 0.3 is 11.7 Å². The molecular weight excluding hydrogens is 424 g/mol. The average molecular weight is 450 g/mol. The van der Waals surface area contributed by atoms with E-state index in [9.17, 15) is 14.7 Å². The number of nitrogens with zero attached hydrogens (tertiary/aromatic N) is 3.